The zero-order valence-electron chi connectivity index (χ0n) is 7.44. The highest BCUT2D eigenvalue weighted by atomic mass is 33.1. The van der Waals surface area contributed by atoms with Gasteiger partial charge >= 0.3 is 0 Å². The van der Waals surface area contributed by atoms with Crippen molar-refractivity contribution in [1.29, 1.82) is 0 Å². The van der Waals surface area contributed by atoms with Crippen LogP contribution in [0.3, 0.4) is 0 Å². The van der Waals surface area contributed by atoms with Crippen LogP contribution in [0.4, 0.5) is 0 Å². The third-order valence-corrected chi connectivity index (χ3v) is 4.03. The van der Waals surface area contributed by atoms with Gasteiger partial charge in [-0.15, -0.1) is 0 Å². The molecule has 2 N–H and O–H groups in total. The van der Waals surface area contributed by atoms with E-state index in [-0.39, 0.29) is 0 Å². The number of aromatic amines is 2. The molecule has 0 aliphatic carbocycles. The molecule has 2 heterocycles. The quantitative estimate of drug-likeness (QED) is 0.744. The predicted molar refractivity (Wildman–Crippen MR) is 57.7 cm³/mol. The van der Waals surface area contributed by atoms with Crippen molar-refractivity contribution in [2.45, 2.75) is 9.79 Å². The number of nitrogens with one attached hydrogen (secondary N) is 2. The molecule has 0 spiro atoms. The van der Waals surface area contributed by atoms with E-state index in [0.717, 1.165) is 0 Å². The fourth-order valence-corrected chi connectivity index (χ4v) is 2.88. The van der Waals surface area contributed by atoms with E-state index in [9.17, 15) is 0 Å². The van der Waals surface area contributed by atoms with E-state index < -0.39 is 0 Å². The Labute approximate surface area is 90.6 Å². The second kappa shape index (κ2) is 5.02. The molecule has 2 aromatic heterocycles. The van der Waals surface area contributed by atoms with Gasteiger partial charge in [0.05, 0.1) is 0 Å². The van der Waals surface area contributed by atoms with E-state index in [0.29, 0.717) is 0 Å². The van der Waals surface area contributed by atoms with Crippen molar-refractivity contribution in [2.75, 3.05) is 0 Å². The average Bonchev–Trinajstić information content (AvgIpc) is 2.29. The van der Waals surface area contributed by atoms with E-state index in [1.165, 1.54) is 9.79 Å². The molecule has 0 bridgehead atoms. The van der Waals surface area contributed by atoms with Crippen LogP contribution in [0.1, 0.15) is 0 Å². The van der Waals surface area contributed by atoms with Crippen LogP contribution < -0.4 is 9.97 Å². The van der Waals surface area contributed by atoms with Crippen molar-refractivity contribution < 1.29 is 9.97 Å². The molecular weight excluding hydrogens is 212 g/mol. The van der Waals surface area contributed by atoms with Crippen LogP contribution in [0.2, 0.25) is 0 Å². The van der Waals surface area contributed by atoms with Crippen LogP contribution in [0.5, 0.6) is 0 Å². The van der Waals surface area contributed by atoms with Crippen molar-refractivity contribution in [1.82, 2.24) is 0 Å². The fourth-order valence-electron chi connectivity index (χ4n) is 0.951. The van der Waals surface area contributed by atoms with Gasteiger partial charge in [0, 0.05) is 34.1 Å². The van der Waals surface area contributed by atoms with Gasteiger partial charge in [-0.1, -0.05) is 21.6 Å². The number of hydrogen-bond donors (Lipinski definition) is 0. The summed E-state index contributed by atoms with van der Waals surface area (Å²) in [6, 6.07) is 8.25. The molecule has 2 aromatic rings. The molecule has 0 unspecified atom stereocenters. The monoisotopic (exact) mass is 222 g/mol. The van der Waals surface area contributed by atoms with Gasteiger partial charge in [-0.25, -0.2) is 9.97 Å². The van der Waals surface area contributed by atoms with E-state index in [1.807, 2.05) is 24.8 Å². The Morgan fingerprint density at radius 2 is 1.00 bits per heavy atom. The van der Waals surface area contributed by atoms with Crippen LogP contribution in [0.25, 0.3) is 0 Å². The van der Waals surface area contributed by atoms with Gasteiger partial charge in [0.2, 0.25) is 0 Å². The summed E-state index contributed by atoms with van der Waals surface area (Å²) in [7, 11) is 3.51. The Balaban J connectivity index is 1.96. The molecule has 0 aromatic carbocycles. The number of pyridine rings is 2. The molecule has 0 radical (unpaired) electrons. The van der Waals surface area contributed by atoms with Crippen molar-refractivity contribution in [3.05, 3.63) is 49.1 Å². The number of hydrogen-bond acceptors (Lipinski definition) is 2. The Kier molecular flexibility index (Phi) is 3.43. The molecule has 0 saturated heterocycles. The molecular formula is C10H10N2S2+2. The first-order chi connectivity index (χ1) is 6.95. The lowest BCUT2D eigenvalue weighted by atomic mass is 10.5. The van der Waals surface area contributed by atoms with Crippen molar-refractivity contribution in [2.24, 2.45) is 0 Å². The lowest BCUT2D eigenvalue weighted by Gasteiger charge is -1.96. The lowest BCUT2D eigenvalue weighted by Crippen LogP contribution is -1.96. The second-order valence-electron chi connectivity index (χ2n) is 2.64. The molecule has 2 nitrogen and oxygen atoms in total. The molecule has 0 amide bonds. The highest BCUT2D eigenvalue weighted by Crippen LogP contribution is 2.35. The van der Waals surface area contributed by atoms with E-state index in [2.05, 4.69) is 34.2 Å². The highest BCUT2D eigenvalue weighted by molar-refractivity contribution is 8.76. The molecule has 0 saturated carbocycles. The minimum atomic E-state index is 1.25. The predicted octanol–water partition coefficient (Wildman–Crippen LogP) is 2.11. The normalized spacial score (nSPS) is 10.0. The van der Waals surface area contributed by atoms with Crippen LogP contribution in [-0.2, 0) is 0 Å². The number of rotatable bonds is 3. The van der Waals surface area contributed by atoms with Crippen molar-refractivity contribution >= 4 is 21.6 Å². The third-order valence-electron chi connectivity index (χ3n) is 1.61. The Bertz CT molecular complexity index is 338. The Morgan fingerprint density at radius 1 is 0.643 bits per heavy atom. The molecule has 4 heteroatoms. The summed E-state index contributed by atoms with van der Waals surface area (Å²) in [6.07, 6.45) is 7.73. The van der Waals surface area contributed by atoms with Crippen molar-refractivity contribution in [3.8, 4) is 0 Å². The highest BCUT2D eigenvalue weighted by Gasteiger charge is 1.98. The van der Waals surface area contributed by atoms with Gasteiger partial charge in [-0.2, -0.15) is 0 Å². The van der Waals surface area contributed by atoms with Gasteiger partial charge in [0.25, 0.3) is 0 Å². The van der Waals surface area contributed by atoms with Crippen LogP contribution >= 0.6 is 21.6 Å². The minimum absolute atomic E-state index is 1.25. The zero-order valence-corrected chi connectivity index (χ0v) is 9.07. The molecule has 70 valence electrons. The summed E-state index contributed by atoms with van der Waals surface area (Å²) in [4.78, 5) is 8.51. The Morgan fingerprint density at radius 3 is 1.36 bits per heavy atom. The molecule has 0 aliphatic heterocycles. The van der Waals surface area contributed by atoms with Gasteiger partial charge in [0.15, 0.2) is 24.8 Å². The van der Waals surface area contributed by atoms with E-state index in [4.69, 9.17) is 0 Å². The third kappa shape index (κ3) is 2.75. The van der Waals surface area contributed by atoms with Crippen molar-refractivity contribution in [3.63, 3.8) is 0 Å². The first-order valence-electron chi connectivity index (χ1n) is 4.22. The van der Waals surface area contributed by atoms with Crippen LogP contribution in [-0.4, -0.2) is 0 Å². The van der Waals surface area contributed by atoms with E-state index >= 15 is 0 Å². The zero-order chi connectivity index (χ0) is 9.64. The summed E-state index contributed by atoms with van der Waals surface area (Å²) in [6.45, 7) is 0. The molecule has 0 aliphatic rings. The minimum Gasteiger partial charge on any atom is -0.218 e. The van der Waals surface area contributed by atoms with Crippen LogP contribution in [0.15, 0.2) is 58.8 Å². The molecule has 14 heavy (non-hydrogen) atoms. The maximum Gasteiger partial charge on any atom is 0.168 e. The van der Waals surface area contributed by atoms with Gasteiger partial charge in [-0.05, 0) is 0 Å². The maximum absolute atomic E-state index is 3.00. The standard InChI is InChI=1S/C10H8N2S2/c1-5-11-6-2-9(1)13-14-10-3-7-12-8-4-10/h1-8H/p+2. The Hall–Kier alpha value is -1.00. The topological polar surface area (TPSA) is 28.3 Å². The van der Waals surface area contributed by atoms with Crippen LogP contribution in [0, 0.1) is 0 Å². The lowest BCUT2D eigenvalue weighted by molar-refractivity contribution is -0.378. The number of H-pyrrole nitrogens is 2. The van der Waals surface area contributed by atoms with Gasteiger partial charge in [-0.3, -0.25) is 0 Å². The molecule has 0 fully saturated rings. The summed E-state index contributed by atoms with van der Waals surface area (Å²) in [5.74, 6) is 0. The van der Waals surface area contributed by atoms with Gasteiger partial charge < -0.3 is 0 Å². The summed E-state index contributed by atoms with van der Waals surface area (Å²) >= 11 is 0. The van der Waals surface area contributed by atoms with Gasteiger partial charge in [0.1, 0.15) is 0 Å². The summed E-state index contributed by atoms with van der Waals surface area (Å²) < 4.78 is 0. The smallest absolute Gasteiger partial charge is 0.168 e. The fraction of sp³-hybridized carbons (Fsp3) is 0. The number of aromatic nitrogens is 2. The summed E-state index contributed by atoms with van der Waals surface area (Å²) in [5, 5.41) is 0. The average molecular weight is 222 g/mol. The first kappa shape index (κ1) is 9.55. The molecule has 0 atom stereocenters. The first-order valence-corrected chi connectivity index (χ1v) is 6.37. The SMILES string of the molecule is c1cc(SSc2cc[nH+]cc2)cc[nH+]1. The van der Waals surface area contributed by atoms with E-state index in [1.54, 1.807) is 21.6 Å². The summed E-state index contributed by atoms with van der Waals surface area (Å²) in [5.41, 5.74) is 0. The largest absolute Gasteiger partial charge is 0.218 e. The maximum atomic E-state index is 3.00. The molecule has 2 rings (SSSR count). The second-order valence-corrected chi connectivity index (χ2v) is 4.91.